The second-order valence-electron chi connectivity index (χ2n) is 8.03. The fourth-order valence-corrected chi connectivity index (χ4v) is 4.66. The van der Waals surface area contributed by atoms with Gasteiger partial charge >= 0.3 is 0 Å². The summed E-state index contributed by atoms with van der Waals surface area (Å²) in [4.78, 5) is 0. The van der Waals surface area contributed by atoms with E-state index in [1.54, 1.807) is 0 Å². The molecule has 0 heteroatoms. The zero-order chi connectivity index (χ0) is 14.4. The molecule has 0 atom stereocenters. The minimum absolute atomic E-state index is 0.445. The Labute approximate surface area is 124 Å². The third-order valence-electron chi connectivity index (χ3n) is 6.50. The van der Waals surface area contributed by atoms with Crippen LogP contribution in [0.3, 0.4) is 0 Å². The normalized spacial score (nSPS) is 32.9. The van der Waals surface area contributed by atoms with Crippen molar-refractivity contribution in [3.8, 4) is 12.3 Å². The SMILES string of the molecule is C#Cc1ccc(C23CCC(C(C)(C)C)(CC2)CC3)cc1. The molecule has 1 aromatic carbocycles. The fraction of sp³-hybridized carbons (Fsp3) is 0.600. The maximum Gasteiger partial charge on any atom is 0.0242 e. The molecule has 0 aliphatic heterocycles. The van der Waals surface area contributed by atoms with Crippen LogP contribution in [0.4, 0.5) is 0 Å². The Hall–Kier alpha value is -1.22. The summed E-state index contributed by atoms with van der Waals surface area (Å²) in [6.45, 7) is 7.31. The molecule has 0 heterocycles. The first-order chi connectivity index (χ1) is 9.41. The summed E-state index contributed by atoms with van der Waals surface area (Å²) in [7, 11) is 0. The summed E-state index contributed by atoms with van der Waals surface area (Å²) in [6.07, 6.45) is 13.7. The first kappa shape index (κ1) is 13.7. The standard InChI is InChI=1S/C20H26/c1-5-16-6-8-17(9-7-16)19-10-13-20(14-11-19,15-12-19)18(2,3)4/h1,6-9H,10-15H2,2-4H3. The largest absolute Gasteiger partial charge is 0.115 e. The first-order valence-corrected chi connectivity index (χ1v) is 7.98. The average Bonchev–Trinajstić information content (AvgIpc) is 2.48. The van der Waals surface area contributed by atoms with E-state index < -0.39 is 0 Å². The van der Waals surface area contributed by atoms with E-state index in [1.807, 2.05) is 0 Å². The Morgan fingerprint density at radius 2 is 1.40 bits per heavy atom. The lowest BCUT2D eigenvalue weighted by Gasteiger charge is -2.59. The molecule has 1 aromatic rings. The summed E-state index contributed by atoms with van der Waals surface area (Å²) < 4.78 is 0. The van der Waals surface area contributed by atoms with Crippen molar-refractivity contribution < 1.29 is 0 Å². The Morgan fingerprint density at radius 3 is 1.80 bits per heavy atom. The van der Waals surface area contributed by atoms with Crippen molar-refractivity contribution in [1.29, 1.82) is 0 Å². The van der Waals surface area contributed by atoms with Gasteiger partial charge in [-0.15, -0.1) is 6.42 Å². The van der Waals surface area contributed by atoms with Crippen molar-refractivity contribution in [3.63, 3.8) is 0 Å². The van der Waals surface area contributed by atoms with Crippen LogP contribution in [0.1, 0.15) is 70.4 Å². The van der Waals surface area contributed by atoms with Crippen LogP contribution in [-0.4, -0.2) is 0 Å². The van der Waals surface area contributed by atoms with Crippen molar-refractivity contribution in [2.75, 3.05) is 0 Å². The molecule has 3 aliphatic carbocycles. The lowest BCUT2D eigenvalue weighted by atomic mass is 9.46. The monoisotopic (exact) mass is 266 g/mol. The number of terminal acetylenes is 1. The molecule has 106 valence electrons. The van der Waals surface area contributed by atoms with Crippen molar-refractivity contribution in [2.24, 2.45) is 10.8 Å². The van der Waals surface area contributed by atoms with Crippen LogP contribution in [-0.2, 0) is 5.41 Å². The molecule has 3 aliphatic rings. The predicted octanol–water partition coefficient (Wildman–Crippen LogP) is 5.31. The highest BCUT2D eigenvalue weighted by molar-refractivity contribution is 5.38. The molecule has 2 bridgehead atoms. The average molecular weight is 266 g/mol. The summed E-state index contributed by atoms with van der Waals surface area (Å²) in [5.41, 5.74) is 4.01. The van der Waals surface area contributed by atoms with Gasteiger partial charge in [-0.1, -0.05) is 38.8 Å². The van der Waals surface area contributed by atoms with Gasteiger partial charge in [-0.3, -0.25) is 0 Å². The van der Waals surface area contributed by atoms with Gasteiger partial charge in [0.15, 0.2) is 0 Å². The van der Waals surface area contributed by atoms with Crippen molar-refractivity contribution in [3.05, 3.63) is 35.4 Å². The quantitative estimate of drug-likeness (QED) is 0.605. The van der Waals surface area contributed by atoms with E-state index in [4.69, 9.17) is 6.42 Å². The van der Waals surface area contributed by atoms with Crippen LogP contribution < -0.4 is 0 Å². The minimum atomic E-state index is 0.445. The van der Waals surface area contributed by atoms with Crippen LogP contribution in [0.5, 0.6) is 0 Å². The van der Waals surface area contributed by atoms with Gasteiger partial charge in [-0.05, 0) is 72.5 Å². The highest BCUT2D eigenvalue weighted by Crippen LogP contribution is 2.63. The number of fused-ring (bicyclic) bond motifs is 3. The number of hydrogen-bond acceptors (Lipinski definition) is 0. The van der Waals surface area contributed by atoms with Gasteiger partial charge in [0.05, 0.1) is 0 Å². The molecule has 0 radical (unpaired) electrons. The van der Waals surface area contributed by atoms with Gasteiger partial charge in [-0.2, -0.15) is 0 Å². The molecule has 0 unspecified atom stereocenters. The molecule has 0 spiro atoms. The van der Waals surface area contributed by atoms with Crippen LogP contribution in [0.15, 0.2) is 24.3 Å². The second-order valence-corrected chi connectivity index (χ2v) is 8.03. The van der Waals surface area contributed by atoms with Gasteiger partial charge in [-0.25, -0.2) is 0 Å². The summed E-state index contributed by atoms with van der Waals surface area (Å²) >= 11 is 0. The van der Waals surface area contributed by atoms with Crippen LogP contribution >= 0.6 is 0 Å². The predicted molar refractivity (Wildman–Crippen MR) is 85.6 cm³/mol. The maximum atomic E-state index is 5.47. The Bertz CT molecular complexity index is 508. The molecule has 3 saturated carbocycles. The topological polar surface area (TPSA) is 0 Å². The molecule has 0 saturated heterocycles. The molecule has 20 heavy (non-hydrogen) atoms. The summed E-state index contributed by atoms with van der Waals surface area (Å²) in [5, 5.41) is 0. The van der Waals surface area contributed by atoms with Crippen molar-refractivity contribution in [2.45, 2.75) is 64.7 Å². The van der Waals surface area contributed by atoms with E-state index in [0.29, 0.717) is 16.2 Å². The zero-order valence-electron chi connectivity index (χ0n) is 13.1. The van der Waals surface area contributed by atoms with E-state index in [-0.39, 0.29) is 0 Å². The molecular weight excluding hydrogens is 240 g/mol. The third-order valence-corrected chi connectivity index (χ3v) is 6.50. The van der Waals surface area contributed by atoms with Gasteiger partial charge in [0, 0.05) is 5.56 Å². The molecule has 3 fully saturated rings. The lowest BCUT2D eigenvalue weighted by molar-refractivity contribution is -0.0461. The smallest absolute Gasteiger partial charge is 0.0242 e. The first-order valence-electron chi connectivity index (χ1n) is 7.98. The number of rotatable bonds is 1. The highest BCUT2D eigenvalue weighted by atomic mass is 14.6. The van der Waals surface area contributed by atoms with Gasteiger partial charge in [0.1, 0.15) is 0 Å². The molecular formula is C20H26. The van der Waals surface area contributed by atoms with Gasteiger partial charge in [0.25, 0.3) is 0 Å². The van der Waals surface area contributed by atoms with Crippen LogP contribution in [0.25, 0.3) is 0 Å². The minimum Gasteiger partial charge on any atom is -0.115 e. The van der Waals surface area contributed by atoms with Crippen LogP contribution in [0.2, 0.25) is 0 Å². The fourth-order valence-electron chi connectivity index (χ4n) is 4.66. The molecule has 0 nitrogen and oxygen atoms in total. The molecule has 0 N–H and O–H groups in total. The molecule has 4 rings (SSSR count). The maximum absolute atomic E-state index is 5.47. The Kier molecular flexibility index (Phi) is 3.02. The van der Waals surface area contributed by atoms with Gasteiger partial charge < -0.3 is 0 Å². The lowest BCUT2D eigenvalue weighted by Crippen LogP contribution is -2.49. The summed E-state index contributed by atoms with van der Waals surface area (Å²) in [6, 6.07) is 8.80. The van der Waals surface area contributed by atoms with E-state index in [9.17, 15) is 0 Å². The van der Waals surface area contributed by atoms with E-state index in [0.717, 1.165) is 5.56 Å². The van der Waals surface area contributed by atoms with E-state index >= 15 is 0 Å². The number of benzene rings is 1. The highest BCUT2D eigenvalue weighted by Gasteiger charge is 2.53. The molecule has 0 amide bonds. The Morgan fingerprint density at radius 1 is 0.900 bits per heavy atom. The summed E-state index contributed by atoms with van der Waals surface area (Å²) in [5.74, 6) is 2.72. The Balaban J connectivity index is 1.86. The van der Waals surface area contributed by atoms with Crippen LogP contribution in [0, 0.1) is 23.2 Å². The van der Waals surface area contributed by atoms with Gasteiger partial charge in [0.2, 0.25) is 0 Å². The van der Waals surface area contributed by atoms with Crippen molar-refractivity contribution >= 4 is 0 Å². The third kappa shape index (κ3) is 1.91. The van der Waals surface area contributed by atoms with E-state index in [1.165, 1.54) is 44.1 Å². The zero-order valence-corrected chi connectivity index (χ0v) is 13.1. The second kappa shape index (κ2) is 4.39. The van der Waals surface area contributed by atoms with E-state index in [2.05, 4.69) is 51.0 Å². The van der Waals surface area contributed by atoms with Crippen molar-refractivity contribution in [1.82, 2.24) is 0 Å². The number of hydrogen-bond donors (Lipinski definition) is 0. The molecule has 0 aromatic heterocycles.